The molecule has 0 radical (unpaired) electrons. The van der Waals surface area contributed by atoms with Gasteiger partial charge >= 0.3 is 0 Å². The molecule has 28 heavy (non-hydrogen) atoms. The molecule has 1 aromatic carbocycles. The number of hydrogen-bond donors (Lipinski definition) is 2. The van der Waals surface area contributed by atoms with Gasteiger partial charge in [0, 0.05) is 30.7 Å². The Bertz CT molecular complexity index is 1070. The van der Waals surface area contributed by atoms with Gasteiger partial charge in [-0.15, -0.1) is 0 Å². The Morgan fingerprint density at radius 3 is 3.00 bits per heavy atom. The van der Waals surface area contributed by atoms with Gasteiger partial charge in [0.25, 0.3) is 5.56 Å². The maximum absolute atomic E-state index is 12.3. The molecule has 146 valence electrons. The first-order valence-electron chi connectivity index (χ1n) is 9.39. The lowest BCUT2D eigenvalue weighted by atomic mass is 10.1. The van der Waals surface area contributed by atoms with Crippen molar-refractivity contribution in [2.24, 2.45) is 5.92 Å². The van der Waals surface area contributed by atoms with E-state index in [1.807, 2.05) is 12.1 Å². The molecule has 7 heteroatoms. The van der Waals surface area contributed by atoms with E-state index in [2.05, 4.69) is 46.2 Å². The monoisotopic (exact) mass is 398 g/mol. The zero-order valence-corrected chi connectivity index (χ0v) is 16.7. The summed E-state index contributed by atoms with van der Waals surface area (Å²) in [5, 5.41) is 4.84. The molecule has 0 amide bonds. The van der Waals surface area contributed by atoms with Crippen molar-refractivity contribution in [1.29, 1.82) is 0 Å². The van der Waals surface area contributed by atoms with Gasteiger partial charge in [0.1, 0.15) is 11.0 Å². The number of aryl methyl sites for hydroxylation is 1. The second-order valence-corrected chi connectivity index (χ2v) is 7.70. The molecule has 0 spiro atoms. The molecule has 0 unspecified atom stereocenters. The van der Waals surface area contributed by atoms with Crippen LogP contribution in [0.4, 0.5) is 17.2 Å². The summed E-state index contributed by atoms with van der Waals surface area (Å²) < 4.78 is 5.66. The Hall–Kier alpha value is -2.57. The average Bonchev–Trinajstić information content (AvgIpc) is 2.86. The fourth-order valence-electron chi connectivity index (χ4n) is 3.70. The number of halogens is 1. The van der Waals surface area contributed by atoms with Gasteiger partial charge in [0.2, 0.25) is 0 Å². The molecule has 0 bridgehead atoms. The van der Waals surface area contributed by atoms with Crippen LogP contribution in [0.3, 0.4) is 0 Å². The molecule has 4 rings (SSSR count). The Morgan fingerprint density at radius 1 is 1.32 bits per heavy atom. The third kappa shape index (κ3) is 3.84. The van der Waals surface area contributed by atoms with Gasteiger partial charge in [-0.3, -0.25) is 4.79 Å². The minimum atomic E-state index is -0.198. The minimum Gasteiger partial charge on any atom is -0.379 e. The molecular formula is C21H23ClN4O2. The summed E-state index contributed by atoms with van der Waals surface area (Å²) in [5.41, 5.74) is 3.01. The fourth-order valence-corrected chi connectivity index (χ4v) is 3.90. The number of pyridine rings is 2. The SMILES string of the molecule is Cc1cc(Nc2nc(Cl)cc3cc[nH]c(=O)c23)ccc1N1CCOC[C@H](C)C1. The number of fused-ring (bicyclic) bond motifs is 1. The lowest BCUT2D eigenvalue weighted by Crippen LogP contribution is -2.29. The number of aromatic nitrogens is 2. The zero-order valence-electron chi connectivity index (χ0n) is 16.0. The highest BCUT2D eigenvalue weighted by atomic mass is 35.5. The number of nitrogens with one attached hydrogen (secondary N) is 2. The first-order valence-corrected chi connectivity index (χ1v) is 9.77. The summed E-state index contributed by atoms with van der Waals surface area (Å²) in [6, 6.07) is 9.68. The highest BCUT2D eigenvalue weighted by molar-refractivity contribution is 6.30. The third-order valence-electron chi connectivity index (χ3n) is 4.96. The van der Waals surface area contributed by atoms with Gasteiger partial charge in [-0.1, -0.05) is 18.5 Å². The Morgan fingerprint density at radius 2 is 2.18 bits per heavy atom. The molecule has 3 aromatic rings. The molecule has 0 saturated carbocycles. The van der Waals surface area contributed by atoms with E-state index in [0.29, 0.717) is 22.3 Å². The van der Waals surface area contributed by atoms with Crippen LogP contribution in [0.2, 0.25) is 5.15 Å². The number of anilines is 3. The molecule has 3 heterocycles. The second-order valence-electron chi connectivity index (χ2n) is 7.32. The third-order valence-corrected chi connectivity index (χ3v) is 5.16. The maximum Gasteiger partial charge on any atom is 0.259 e. The van der Waals surface area contributed by atoms with Gasteiger partial charge in [0.05, 0.1) is 18.6 Å². The van der Waals surface area contributed by atoms with Gasteiger partial charge in [-0.05, 0) is 54.1 Å². The van der Waals surface area contributed by atoms with Gasteiger partial charge in [-0.2, -0.15) is 0 Å². The molecule has 1 fully saturated rings. The summed E-state index contributed by atoms with van der Waals surface area (Å²) in [7, 11) is 0. The number of hydrogen-bond acceptors (Lipinski definition) is 5. The predicted molar refractivity (Wildman–Crippen MR) is 114 cm³/mol. The molecule has 1 saturated heterocycles. The lowest BCUT2D eigenvalue weighted by Gasteiger charge is -2.26. The van der Waals surface area contributed by atoms with Crippen molar-refractivity contribution in [3.05, 3.63) is 57.6 Å². The van der Waals surface area contributed by atoms with Crippen LogP contribution in [0.15, 0.2) is 41.3 Å². The number of aromatic amines is 1. The van der Waals surface area contributed by atoms with E-state index in [4.69, 9.17) is 16.3 Å². The van der Waals surface area contributed by atoms with Gasteiger partial charge < -0.3 is 19.9 Å². The van der Waals surface area contributed by atoms with Crippen LogP contribution >= 0.6 is 11.6 Å². The number of H-pyrrole nitrogens is 1. The molecule has 6 nitrogen and oxygen atoms in total. The van der Waals surface area contributed by atoms with Gasteiger partial charge in [0.15, 0.2) is 0 Å². The smallest absolute Gasteiger partial charge is 0.259 e. The molecular weight excluding hydrogens is 376 g/mol. The number of nitrogens with zero attached hydrogens (tertiary/aromatic N) is 2. The van der Waals surface area contributed by atoms with Crippen molar-refractivity contribution in [3.8, 4) is 0 Å². The second kappa shape index (κ2) is 7.81. The van der Waals surface area contributed by atoms with Crippen molar-refractivity contribution in [3.63, 3.8) is 0 Å². The topological polar surface area (TPSA) is 70.2 Å². The predicted octanol–water partition coefficient (Wildman–Crippen LogP) is 4.10. The van der Waals surface area contributed by atoms with E-state index in [-0.39, 0.29) is 5.56 Å². The largest absolute Gasteiger partial charge is 0.379 e. The van der Waals surface area contributed by atoms with Crippen LogP contribution in [0.5, 0.6) is 0 Å². The number of ether oxygens (including phenoxy) is 1. The van der Waals surface area contributed by atoms with Crippen molar-refractivity contribution in [1.82, 2.24) is 9.97 Å². The molecule has 2 aromatic heterocycles. The maximum atomic E-state index is 12.3. The van der Waals surface area contributed by atoms with Crippen molar-refractivity contribution < 1.29 is 4.74 Å². The first-order chi connectivity index (χ1) is 13.5. The van der Waals surface area contributed by atoms with Crippen molar-refractivity contribution >= 4 is 39.6 Å². The molecule has 2 N–H and O–H groups in total. The fraction of sp³-hybridized carbons (Fsp3) is 0.333. The van der Waals surface area contributed by atoms with Crippen LogP contribution in [0.25, 0.3) is 10.8 Å². The van der Waals surface area contributed by atoms with Crippen molar-refractivity contribution in [2.75, 3.05) is 36.5 Å². The molecule has 1 aliphatic heterocycles. The normalized spacial score (nSPS) is 17.5. The van der Waals surface area contributed by atoms with E-state index in [1.54, 1.807) is 12.3 Å². The summed E-state index contributed by atoms with van der Waals surface area (Å²) in [6.45, 7) is 7.70. The van der Waals surface area contributed by atoms with Crippen LogP contribution in [-0.2, 0) is 4.74 Å². The van der Waals surface area contributed by atoms with E-state index in [1.165, 1.54) is 5.69 Å². The molecule has 1 aliphatic rings. The Labute approximate surface area is 168 Å². The highest BCUT2D eigenvalue weighted by Gasteiger charge is 2.17. The summed E-state index contributed by atoms with van der Waals surface area (Å²) in [5.74, 6) is 0.946. The Kier molecular flexibility index (Phi) is 5.24. The lowest BCUT2D eigenvalue weighted by molar-refractivity contribution is 0.129. The van der Waals surface area contributed by atoms with E-state index < -0.39 is 0 Å². The van der Waals surface area contributed by atoms with Crippen molar-refractivity contribution in [2.45, 2.75) is 13.8 Å². The number of rotatable bonds is 3. The highest BCUT2D eigenvalue weighted by Crippen LogP contribution is 2.29. The minimum absolute atomic E-state index is 0.198. The standard InChI is InChI=1S/C21H23ClN4O2/c1-13-11-26(7-8-28-12-13)17-4-3-16(9-14(17)2)24-20-19-15(10-18(22)25-20)5-6-23-21(19)27/h3-6,9-10,13H,7-8,11-12H2,1-2H3,(H,23,27)(H,24,25)/t13-/m1/s1. The van der Waals surface area contributed by atoms with Crippen LogP contribution < -0.4 is 15.8 Å². The van der Waals surface area contributed by atoms with Crippen LogP contribution in [0.1, 0.15) is 12.5 Å². The zero-order chi connectivity index (χ0) is 19.7. The average molecular weight is 399 g/mol. The van der Waals surface area contributed by atoms with Gasteiger partial charge in [-0.25, -0.2) is 4.98 Å². The quantitative estimate of drug-likeness (QED) is 0.650. The summed E-state index contributed by atoms with van der Waals surface area (Å²) in [4.78, 5) is 21.7. The van der Waals surface area contributed by atoms with E-state index in [9.17, 15) is 4.79 Å². The van der Waals surface area contributed by atoms with Crippen LogP contribution in [-0.4, -0.2) is 36.3 Å². The number of benzene rings is 1. The summed E-state index contributed by atoms with van der Waals surface area (Å²) >= 11 is 6.15. The Balaban J connectivity index is 1.66. The molecule has 0 aliphatic carbocycles. The summed E-state index contributed by atoms with van der Waals surface area (Å²) in [6.07, 6.45) is 1.61. The van der Waals surface area contributed by atoms with Crippen LogP contribution in [0, 0.1) is 12.8 Å². The van der Waals surface area contributed by atoms with E-state index >= 15 is 0 Å². The molecule has 1 atom stereocenters. The van der Waals surface area contributed by atoms with E-state index in [0.717, 1.165) is 42.9 Å². The first kappa shape index (κ1) is 18.8.